The first-order valence-corrected chi connectivity index (χ1v) is 17.2. The van der Waals surface area contributed by atoms with Gasteiger partial charge >= 0.3 is 0 Å². The van der Waals surface area contributed by atoms with Gasteiger partial charge in [-0.2, -0.15) is 0 Å². The topological polar surface area (TPSA) is 111 Å². The zero-order valence-corrected chi connectivity index (χ0v) is 29.0. The smallest absolute Gasteiger partial charge is 0.296 e. The van der Waals surface area contributed by atoms with Crippen molar-refractivity contribution in [2.75, 3.05) is 19.1 Å². The maximum absolute atomic E-state index is 14.2. The van der Waals surface area contributed by atoms with Crippen molar-refractivity contribution in [3.8, 4) is 29.6 Å². The van der Waals surface area contributed by atoms with Gasteiger partial charge in [-0.3, -0.25) is 14.5 Å². The number of aromatic nitrogens is 2. The molecule has 2 heterocycles. The number of terminal acetylenes is 1. The van der Waals surface area contributed by atoms with Gasteiger partial charge in [0.2, 0.25) is 5.13 Å². The van der Waals surface area contributed by atoms with Crippen molar-refractivity contribution in [3.05, 3.63) is 137 Å². The molecule has 0 saturated heterocycles. The van der Waals surface area contributed by atoms with E-state index in [-0.39, 0.29) is 16.3 Å². The van der Waals surface area contributed by atoms with Crippen LogP contribution in [0, 0.1) is 12.3 Å². The van der Waals surface area contributed by atoms with Gasteiger partial charge in [-0.15, -0.1) is 16.6 Å². The van der Waals surface area contributed by atoms with Crippen molar-refractivity contribution in [2.45, 2.75) is 23.1 Å². The minimum atomic E-state index is -1.06. The first kappa shape index (κ1) is 34.0. The Balaban J connectivity index is 1.38. The second-order valence-electron chi connectivity index (χ2n) is 10.9. The number of ether oxygens (including phenoxy) is 3. The summed E-state index contributed by atoms with van der Waals surface area (Å²) in [4.78, 5) is 29.4. The van der Waals surface area contributed by atoms with Gasteiger partial charge in [-0.05, 0) is 77.4 Å². The molecule has 11 heteroatoms. The number of hydrogen-bond acceptors (Lipinski definition) is 10. The predicted molar refractivity (Wildman–Crippen MR) is 196 cm³/mol. The highest BCUT2D eigenvalue weighted by Gasteiger charge is 2.46. The molecule has 4 aromatic carbocycles. The Bertz CT molecular complexity index is 2230. The number of nitrogens with zero attached hydrogens (tertiary/aromatic N) is 3. The number of aliphatic hydroxyl groups is 1. The Kier molecular flexibility index (Phi) is 10.3. The van der Waals surface area contributed by atoms with E-state index in [4.69, 9.17) is 20.6 Å². The summed E-state index contributed by atoms with van der Waals surface area (Å²) >= 11 is 2.69. The van der Waals surface area contributed by atoms with E-state index in [1.54, 1.807) is 48.6 Å². The highest BCUT2D eigenvalue weighted by Crippen LogP contribution is 2.45. The average Bonchev–Trinajstić information content (AvgIpc) is 3.73. The first-order chi connectivity index (χ1) is 24.4. The lowest BCUT2D eigenvalue weighted by Crippen LogP contribution is -2.31. The lowest BCUT2D eigenvalue weighted by molar-refractivity contribution is -0.117. The number of Topliss-reactive ketones (excluding diaryl/α,β-unsaturated/α-hetero) is 1. The second-order valence-corrected chi connectivity index (χ2v) is 13.1. The highest BCUT2D eigenvalue weighted by atomic mass is 32.2. The second kappa shape index (κ2) is 15.2. The van der Waals surface area contributed by atoms with E-state index in [0.717, 1.165) is 16.3 Å². The maximum Gasteiger partial charge on any atom is 0.296 e. The molecular weight excluding hydrogens is 671 g/mol. The maximum atomic E-state index is 14.2. The van der Waals surface area contributed by atoms with Crippen LogP contribution in [0.3, 0.4) is 0 Å². The predicted octanol–water partition coefficient (Wildman–Crippen LogP) is 8.26. The van der Waals surface area contributed by atoms with E-state index in [1.165, 1.54) is 54.4 Å². The van der Waals surface area contributed by atoms with Gasteiger partial charge in [0.1, 0.15) is 11.5 Å². The van der Waals surface area contributed by atoms with Crippen LogP contribution in [-0.2, 0) is 10.5 Å². The summed E-state index contributed by atoms with van der Waals surface area (Å²) < 4.78 is 17.4. The molecule has 1 atom stereocenters. The summed E-state index contributed by atoms with van der Waals surface area (Å²) in [6.45, 7) is 1.81. The molecule has 0 bridgehead atoms. The van der Waals surface area contributed by atoms with Crippen LogP contribution in [0.4, 0.5) is 5.13 Å². The Morgan fingerprint density at radius 1 is 1.02 bits per heavy atom. The summed E-state index contributed by atoms with van der Waals surface area (Å²) in [5.41, 5.74) is 1.70. The van der Waals surface area contributed by atoms with Gasteiger partial charge in [0, 0.05) is 11.3 Å². The van der Waals surface area contributed by atoms with E-state index in [0.29, 0.717) is 38.7 Å². The van der Waals surface area contributed by atoms with E-state index >= 15 is 0 Å². The van der Waals surface area contributed by atoms with Crippen molar-refractivity contribution < 1.29 is 28.9 Å². The molecule has 0 radical (unpaired) electrons. The van der Waals surface area contributed by atoms with E-state index < -0.39 is 23.5 Å². The normalized spacial score (nSPS) is 14.8. The van der Waals surface area contributed by atoms with Gasteiger partial charge in [-0.1, -0.05) is 83.6 Å². The molecule has 6 rings (SSSR count). The number of amides is 1. The number of rotatable bonds is 12. The lowest BCUT2D eigenvalue weighted by Gasteiger charge is -2.24. The number of benzene rings is 4. The van der Waals surface area contributed by atoms with Crippen molar-refractivity contribution in [2.24, 2.45) is 0 Å². The number of carbonyl (C=O) groups is 2. The van der Waals surface area contributed by atoms with Crippen LogP contribution in [0.1, 0.15) is 34.5 Å². The highest BCUT2D eigenvalue weighted by molar-refractivity contribution is 8.00. The van der Waals surface area contributed by atoms with Crippen LogP contribution < -0.4 is 19.1 Å². The largest absolute Gasteiger partial charge is 0.503 e. The third-order valence-corrected chi connectivity index (χ3v) is 10.1. The quantitative estimate of drug-likeness (QED) is 0.0343. The summed E-state index contributed by atoms with van der Waals surface area (Å²) in [5.74, 6) is 2.70. The molecule has 1 aliphatic heterocycles. The molecule has 0 fully saturated rings. The molecule has 0 spiro atoms. The number of carbonyl (C=O) groups excluding carboxylic acids is 2. The Hall–Kier alpha value is -5.83. The van der Waals surface area contributed by atoms with Crippen LogP contribution in [-0.4, -0.2) is 41.2 Å². The van der Waals surface area contributed by atoms with Crippen LogP contribution in [0.15, 0.2) is 125 Å². The number of thioether (sulfide) groups is 1. The summed E-state index contributed by atoms with van der Waals surface area (Å²) in [6.07, 6.45) is 10.3. The van der Waals surface area contributed by atoms with Crippen molar-refractivity contribution in [1.82, 2.24) is 10.2 Å². The van der Waals surface area contributed by atoms with Crippen molar-refractivity contribution in [3.63, 3.8) is 0 Å². The number of hydrogen-bond donors (Lipinski definition) is 1. The number of ketones is 1. The van der Waals surface area contributed by atoms with Gasteiger partial charge in [0.25, 0.3) is 5.91 Å². The van der Waals surface area contributed by atoms with Gasteiger partial charge < -0.3 is 19.3 Å². The third kappa shape index (κ3) is 6.85. The lowest BCUT2D eigenvalue weighted by atomic mass is 9.92. The zero-order chi connectivity index (χ0) is 35.2. The van der Waals surface area contributed by atoms with Crippen LogP contribution >= 0.6 is 23.1 Å². The fourth-order valence-corrected chi connectivity index (χ4v) is 7.47. The van der Waals surface area contributed by atoms with E-state index in [9.17, 15) is 14.7 Å². The summed E-state index contributed by atoms with van der Waals surface area (Å²) in [5, 5.41) is 22.6. The molecule has 0 saturated carbocycles. The zero-order valence-electron chi connectivity index (χ0n) is 27.3. The molecule has 50 heavy (non-hydrogen) atoms. The number of aliphatic hydroxyl groups excluding tert-OH is 1. The van der Waals surface area contributed by atoms with Gasteiger partial charge in [0.15, 0.2) is 27.4 Å². The van der Waals surface area contributed by atoms with E-state index in [2.05, 4.69) is 40.4 Å². The van der Waals surface area contributed by atoms with Crippen LogP contribution in [0.2, 0.25) is 0 Å². The minimum absolute atomic E-state index is 0.127. The van der Waals surface area contributed by atoms with Crippen LogP contribution in [0.5, 0.6) is 17.2 Å². The molecule has 5 aromatic rings. The molecule has 1 aromatic heterocycles. The molecule has 9 nitrogen and oxygen atoms in total. The molecule has 1 amide bonds. The summed E-state index contributed by atoms with van der Waals surface area (Å²) in [7, 11) is 2.95. The summed E-state index contributed by atoms with van der Waals surface area (Å²) in [6, 6.07) is 24.8. The fourth-order valence-electron chi connectivity index (χ4n) is 5.60. The van der Waals surface area contributed by atoms with Crippen LogP contribution in [0.25, 0.3) is 10.8 Å². The first-order valence-electron chi connectivity index (χ1n) is 15.4. The molecule has 250 valence electrons. The standard InChI is InChI=1S/C39H31N3O6S2/c1-5-7-16-28(6-2)48-29-17-11-14-25(21-29)34-33(35(43)26-19-20-31(46-3)32(22-26)47-4)36(44)37(45)42(34)38-40-41-39(50-38)49-23-27-15-10-13-24-12-8-9-18-30(24)27/h1,6-22,34,44H,23H2,2-4H3/b16-7-,28-6+. The number of allylic oxidation sites excluding steroid dienone is 3. The molecule has 1 unspecified atom stereocenters. The number of anilines is 1. The monoisotopic (exact) mass is 701 g/mol. The third-order valence-electron chi connectivity index (χ3n) is 7.97. The van der Waals surface area contributed by atoms with Gasteiger partial charge in [0.05, 0.1) is 25.8 Å². The van der Waals surface area contributed by atoms with Crippen molar-refractivity contribution >= 4 is 50.7 Å². The number of fused-ring (bicyclic) bond motifs is 1. The molecule has 1 N–H and O–H groups in total. The Morgan fingerprint density at radius 3 is 2.58 bits per heavy atom. The van der Waals surface area contributed by atoms with E-state index in [1.807, 2.05) is 25.1 Å². The Labute approximate surface area is 297 Å². The number of methoxy groups -OCH3 is 2. The fraction of sp³-hybridized carbons (Fsp3) is 0.128. The minimum Gasteiger partial charge on any atom is -0.503 e. The molecule has 0 aliphatic carbocycles. The molecular formula is C39H31N3O6S2. The van der Waals surface area contributed by atoms with Gasteiger partial charge in [-0.25, -0.2) is 0 Å². The Morgan fingerprint density at radius 2 is 1.80 bits per heavy atom. The SMILES string of the molecule is C#C/C=C\C(=C/C)Oc1cccc(C2C(C(=O)c3ccc(OC)c(OC)c3)=C(O)C(=O)N2c2nnc(SCc3cccc4ccccc34)s2)c1. The van der Waals surface area contributed by atoms with Crippen molar-refractivity contribution in [1.29, 1.82) is 0 Å². The molecule has 1 aliphatic rings. The average molecular weight is 702 g/mol.